The van der Waals surface area contributed by atoms with Gasteiger partial charge in [0.1, 0.15) is 24.2 Å². The van der Waals surface area contributed by atoms with Crippen LogP contribution in [0, 0.1) is 5.92 Å². The number of aryl methyl sites for hydroxylation is 1. The van der Waals surface area contributed by atoms with Gasteiger partial charge in [0, 0.05) is 5.92 Å². The van der Waals surface area contributed by atoms with Crippen molar-refractivity contribution in [3.8, 4) is 11.5 Å². The maximum atomic E-state index is 11.7. The quantitative estimate of drug-likeness (QED) is 0.227. The van der Waals surface area contributed by atoms with Gasteiger partial charge in [-0.25, -0.2) is 0 Å². The van der Waals surface area contributed by atoms with Crippen molar-refractivity contribution in [1.29, 1.82) is 0 Å². The fourth-order valence-electron chi connectivity index (χ4n) is 6.07. The molecular weight excluding hydrogens is 484 g/mol. The van der Waals surface area contributed by atoms with Gasteiger partial charge in [-0.1, -0.05) is 78.9 Å². The molecule has 4 aromatic carbocycles. The molecule has 39 heavy (non-hydrogen) atoms. The lowest BCUT2D eigenvalue weighted by molar-refractivity contribution is -0.151. The fraction of sp³-hybridized carbons (Fsp3) is 0.286. The second-order valence-electron chi connectivity index (χ2n) is 10.7. The van der Waals surface area contributed by atoms with Crippen LogP contribution in [-0.4, -0.2) is 19.2 Å². The minimum atomic E-state index is -0.137. The average molecular weight is 519 g/mol. The van der Waals surface area contributed by atoms with Crippen LogP contribution < -0.4 is 9.47 Å². The zero-order valence-electron chi connectivity index (χ0n) is 22.3. The van der Waals surface area contributed by atoms with E-state index < -0.39 is 0 Å². The first-order valence-corrected chi connectivity index (χ1v) is 13.9. The molecule has 0 aromatic heterocycles. The van der Waals surface area contributed by atoms with E-state index in [0.29, 0.717) is 12.5 Å². The third kappa shape index (κ3) is 5.56. The molecule has 1 saturated carbocycles. The predicted octanol–water partition coefficient (Wildman–Crippen LogP) is 7.46. The molecular formula is C35H34O4. The van der Waals surface area contributed by atoms with E-state index in [9.17, 15) is 4.79 Å². The Bertz CT molecular complexity index is 1390. The van der Waals surface area contributed by atoms with Gasteiger partial charge in [0.25, 0.3) is 0 Å². The summed E-state index contributed by atoms with van der Waals surface area (Å²) in [4.78, 5) is 11.7. The van der Waals surface area contributed by atoms with E-state index in [4.69, 9.17) is 14.2 Å². The van der Waals surface area contributed by atoms with Crippen molar-refractivity contribution in [3.05, 3.63) is 131 Å². The van der Waals surface area contributed by atoms with Crippen molar-refractivity contribution in [1.82, 2.24) is 0 Å². The molecule has 0 radical (unpaired) electrons. The molecule has 0 N–H and O–H groups in total. The molecule has 1 unspecified atom stereocenters. The molecule has 6 rings (SSSR count). The van der Waals surface area contributed by atoms with Crippen molar-refractivity contribution >= 4 is 5.97 Å². The average Bonchev–Trinajstić information content (AvgIpc) is 2.98. The monoisotopic (exact) mass is 518 g/mol. The molecule has 4 aromatic rings. The van der Waals surface area contributed by atoms with Gasteiger partial charge in [-0.15, -0.1) is 0 Å². The molecule has 0 spiro atoms. The number of carbonyl (C=O) groups excluding carboxylic acids is 1. The van der Waals surface area contributed by atoms with Crippen LogP contribution in [-0.2, 0) is 22.6 Å². The molecule has 2 atom stereocenters. The van der Waals surface area contributed by atoms with Crippen LogP contribution in [0.25, 0.3) is 0 Å². The van der Waals surface area contributed by atoms with Gasteiger partial charge < -0.3 is 14.2 Å². The zero-order chi connectivity index (χ0) is 26.6. The molecule has 4 heteroatoms. The van der Waals surface area contributed by atoms with Crippen molar-refractivity contribution in [3.63, 3.8) is 0 Å². The summed E-state index contributed by atoms with van der Waals surface area (Å²) >= 11 is 0. The van der Waals surface area contributed by atoms with E-state index >= 15 is 0 Å². The Morgan fingerprint density at radius 3 is 2.21 bits per heavy atom. The first kappa shape index (κ1) is 25.2. The third-order valence-electron chi connectivity index (χ3n) is 8.22. The molecule has 2 aliphatic carbocycles. The Labute approximate surface area is 230 Å². The van der Waals surface area contributed by atoms with Crippen molar-refractivity contribution in [2.24, 2.45) is 5.92 Å². The van der Waals surface area contributed by atoms with Crippen LogP contribution in [0.4, 0.5) is 0 Å². The summed E-state index contributed by atoms with van der Waals surface area (Å²) in [7, 11) is 1.44. The Hall–Kier alpha value is -4.05. The van der Waals surface area contributed by atoms with E-state index in [1.165, 1.54) is 34.9 Å². The summed E-state index contributed by atoms with van der Waals surface area (Å²) in [5.74, 6) is 2.25. The standard InChI is InChI=1S/C35H34O4/c1-37-35(36)28-21-31(22-28)39-29-15-12-26(13-16-29)34-32(25-10-6-3-7-11-25)18-14-27-20-30(17-19-33(27)34)38-23-24-8-4-2-5-9-24/h2-13,15-17,19-20,28,31-32,34H,14,18,21-23H2,1H3/t28?,31?,32-,34?/m1/s1. The number of methoxy groups -OCH3 is 1. The number of benzene rings is 4. The largest absolute Gasteiger partial charge is 0.490 e. The maximum Gasteiger partial charge on any atom is 0.308 e. The van der Waals surface area contributed by atoms with E-state index in [1.54, 1.807) is 0 Å². The molecule has 4 nitrogen and oxygen atoms in total. The highest BCUT2D eigenvalue weighted by atomic mass is 16.5. The lowest BCUT2D eigenvalue weighted by atomic mass is 9.69. The van der Waals surface area contributed by atoms with Crippen LogP contribution in [0.2, 0.25) is 0 Å². The van der Waals surface area contributed by atoms with Crippen LogP contribution in [0.3, 0.4) is 0 Å². The summed E-state index contributed by atoms with van der Waals surface area (Å²) in [6, 6.07) is 36.4. The first-order valence-electron chi connectivity index (χ1n) is 13.9. The second-order valence-corrected chi connectivity index (χ2v) is 10.7. The SMILES string of the molecule is COC(=O)C1CC(Oc2ccc(C3c4ccc(OCc5ccccc5)cc4CC[C@@H]3c3ccccc3)cc2)C1. The molecule has 0 amide bonds. The molecule has 198 valence electrons. The molecule has 0 heterocycles. The lowest BCUT2D eigenvalue weighted by Gasteiger charge is -2.35. The summed E-state index contributed by atoms with van der Waals surface area (Å²) in [5.41, 5.74) is 6.57. The lowest BCUT2D eigenvalue weighted by Crippen LogP contribution is -2.38. The number of hydrogen-bond acceptors (Lipinski definition) is 4. The van der Waals surface area contributed by atoms with Gasteiger partial charge in [-0.3, -0.25) is 4.79 Å². The maximum absolute atomic E-state index is 11.7. The predicted molar refractivity (Wildman–Crippen MR) is 152 cm³/mol. The molecule has 2 aliphatic rings. The van der Waals surface area contributed by atoms with E-state index in [-0.39, 0.29) is 23.9 Å². The zero-order valence-corrected chi connectivity index (χ0v) is 22.3. The number of ether oxygens (including phenoxy) is 3. The van der Waals surface area contributed by atoms with Gasteiger partial charge >= 0.3 is 5.97 Å². The summed E-state index contributed by atoms with van der Waals surface area (Å²) in [6.45, 7) is 0.568. The fourth-order valence-corrected chi connectivity index (χ4v) is 6.07. The van der Waals surface area contributed by atoms with E-state index in [0.717, 1.165) is 37.2 Å². The van der Waals surface area contributed by atoms with Crippen molar-refractivity contribution in [2.75, 3.05) is 7.11 Å². The Kier molecular flexibility index (Phi) is 7.36. The smallest absolute Gasteiger partial charge is 0.308 e. The van der Waals surface area contributed by atoms with Crippen LogP contribution in [0.1, 0.15) is 58.9 Å². The van der Waals surface area contributed by atoms with Crippen molar-refractivity contribution in [2.45, 2.75) is 50.2 Å². The normalized spacial score (nSPS) is 21.8. The van der Waals surface area contributed by atoms with Gasteiger partial charge in [0.15, 0.2) is 0 Å². The summed E-state index contributed by atoms with van der Waals surface area (Å²) < 4.78 is 17.2. The Morgan fingerprint density at radius 1 is 0.795 bits per heavy atom. The van der Waals surface area contributed by atoms with Gasteiger partial charge in [-0.05, 0) is 83.7 Å². The first-order chi connectivity index (χ1) is 19.2. The van der Waals surface area contributed by atoms with Crippen molar-refractivity contribution < 1.29 is 19.0 Å². The van der Waals surface area contributed by atoms with E-state index in [2.05, 4.69) is 84.9 Å². The second kappa shape index (κ2) is 11.4. The highest BCUT2D eigenvalue weighted by Gasteiger charge is 2.37. The van der Waals surface area contributed by atoms with Crippen LogP contribution >= 0.6 is 0 Å². The minimum absolute atomic E-state index is 0.0359. The number of fused-ring (bicyclic) bond motifs is 1. The van der Waals surface area contributed by atoms with E-state index in [1.807, 2.05) is 18.2 Å². The molecule has 1 fully saturated rings. The van der Waals surface area contributed by atoms with Gasteiger partial charge in [-0.2, -0.15) is 0 Å². The Balaban J connectivity index is 1.23. The highest BCUT2D eigenvalue weighted by Crippen LogP contribution is 2.47. The van der Waals surface area contributed by atoms with Gasteiger partial charge in [0.2, 0.25) is 0 Å². The highest BCUT2D eigenvalue weighted by molar-refractivity contribution is 5.73. The number of carbonyl (C=O) groups is 1. The molecule has 0 saturated heterocycles. The molecule has 0 bridgehead atoms. The summed E-state index contributed by atoms with van der Waals surface area (Å²) in [6.07, 6.45) is 3.61. The Morgan fingerprint density at radius 2 is 1.49 bits per heavy atom. The molecule has 0 aliphatic heterocycles. The number of rotatable bonds is 8. The van der Waals surface area contributed by atoms with Crippen LogP contribution in [0.15, 0.2) is 103 Å². The number of hydrogen-bond donors (Lipinski definition) is 0. The van der Waals surface area contributed by atoms with Gasteiger partial charge in [0.05, 0.1) is 13.0 Å². The minimum Gasteiger partial charge on any atom is -0.490 e. The number of esters is 1. The summed E-state index contributed by atoms with van der Waals surface area (Å²) in [5, 5.41) is 0. The third-order valence-corrected chi connectivity index (χ3v) is 8.22. The topological polar surface area (TPSA) is 44.8 Å². The van der Waals surface area contributed by atoms with Crippen LogP contribution in [0.5, 0.6) is 11.5 Å².